The van der Waals surface area contributed by atoms with E-state index in [0.717, 1.165) is 18.7 Å². The van der Waals surface area contributed by atoms with Gasteiger partial charge in [-0.1, -0.05) is 31.5 Å². The molecule has 0 aliphatic rings. The predicted octanol–water partition coefficient (Wildman–Crippen LogP) is 1.71. The Morgan fingerprint density at radius 3 is 2.20 bits per heavy atom. The van der Waals surface area contributed by atoms with Crippen molar-refractivity contribution in [3.8, 4) is 0 Å². The number of carbonyl (C=O) groups excluding carboxylic acids is 1. The number of hydrogen-bond acceptors (Lipinski definition) is 2. The molecule has 0 unspecified atom stereocenters. The van der Waals surface area contributed by atoms with Crippen molar-refractivity contribution in [2.45, 2.75) is 20.8 Å². The minimum atomic E-state index is -0.372. The minimum absolute atomic E-state index is 0.372. The Morgan fingerprint density at radius 1 is 1.33 bits per heavy atom. The third-order valence-corrected chi connectivity index (χ3v) is 1.80. The number of primary amides is 1. The zero-order valence-corrected chi connectivity index (χ0v) is 9.71. The molecule has 0 heterocycles. The summed E-state index contributed by atoms with van der Waals surface area (Å²) in [5, 5.41) is 3.11. The molecule has 0 aromatic heterocycles. The standard InChI is InChI=1S/C8H9NO.C4H11N/c1-6-3-2-4-7(5-6)8(9)10;1-3-5-4-2/h2-5H,1H3,(H2,9,10);5H,3-4H2,1-2H3. The molecule has 0 fully saturated rings. The molecule has 0 aliphatic carbocycles. The summed E-state index contributed by atoms with van der Waals surface area (Å²) < 4.78 is 0. The Kier molecular flexibility index (Phi) is 7.28. The number of aryl methyl sites for hydroxylation is 1. The van der Waals surface area contributed by atoms with Gasteiger partial charge in [0.1, 0.15) is 0 Å². The molecule has 84 valence electrons. The van der Waals surface area contributed by atoms with Gasteiger partial charge >= 0.3 is 0 Å². The van der Waals surface area contributed by atoms with Crippen molar-refractivity contribution in [3.05, 3.63) is 35.4 Å². The topological polar surface area (TPSA) is 55.1 Å². The number of nitrogens with two attached hydrogens (primary N) is 1. The van der Waals surface area contributed by atoms with E-state index < -0.39 is 0 Å². The van der Waals surface area contributed by atoms with Gasteiger partial charge in [0.25, 0.3) is 0 Å². The molecule has 1 amide bonds. The zero-order valence-electron chi connectivity index (χ0n) is 9.71. The van der Waals surface area contributed by atoms with Crippen LogP contribution in [0.25, 0.3) is 0 Å². The van der Waals surface area contributed by atoms with E-state index in [2.05, 4.69) is 19.2 Å². The van der Waals surface area contributed by atoms with Crippen LogP contribution < -0.4 is 11.1 Å². The summed E-state index contributed by atoms with van der Waals surface area (Å²) in [5.74, 6) is -0.372. The fourth-order valence-electron chi connectivity index (χ4n) is 1.05. The summed E-state index contributed by atoms with van der Waals surface area (Å²) in [7, 11) is 0. The first-order valence-corrected chi connectivity index (χ1v) is 5.19. The summed E-state index contributed by atoms with van der Waals surface area (Å²) in [4.78, 5) is 10.6. The monoisotopic (exact) mass is 208 g/mol. The molecule has 0 atom stereocenters. The Hall–Kier alpha value is -1.35. The molecule has 1 aromatic rings. The van der Waals surface area contributed by atoms with Crippen LogP contribution in [0.5, 0.6) is 0 Å². The lowest BCUT2D eigenvalue weighted by Gasteiger charge is -1.94. The van der Waals surface area contributed by atoms with E-state index in [4.69, 9.17) is 5.73 Å². The molecule has 0 bridgehead atoms. The van der Waals surface area contributed by atoms with Crippen molar-refractivity contribution < 1.29 is 4.79 Å². The van der Waals surface area contributed by atoms with Crippen molar-refractivity contribution in [2.24, 2.45) is 5.73 Å². The Balaban J connectivity index is 0.000000336. The fraction of sp³-hybridized carbons (Fsp3) is 0.417. The predicted molar refractivity (Wildman–Crippen MR) is 63.9 cm³/mol. The highest BCUT2D eigenvalue weighted by molar-refractivity contribution is 5.92. The Labute approximate surface area is 91.7 Å². The summed E-state index contributed by atoms with van der Waals surface area (Å²) in [6.07, 6.45) is 0. The van der Waals surface area contributed by atoms with Gasteiger partial charge < -0.3 is 11.1 Å². The van der Waals surface area contributed by atoms with E-state index in [0.29, 0.717) is 5.56 Å². The van der Waals surface area contributed by atoms with Crippen LogP contribution in [0.3, 0.4) is 0 Å². The molecule has 0 aliphatic heterocycles. The largest absolute Gasteiger partial charge is 0.366 e. The van der Waals surface area contributed by atoms with Gasteiger partial charge in [0.05, 0.1) is 0 Å². The van der Waals surface area contributed by atoms with E-state index in [1.807, 2.05) is 19.1 Å². The third-order valence-electron chi connectivity index (χ3n) is 1.80. The summed E-state index contributed by atoms with van der Waals surface area (Å²) in [5.41, 5.74) is 6.67. The normalized spacial score (nSPS) is 9.00. The fourth-order valence-corrected chi connectivity index (χ4v) is 1.05. The first kappa shape index (κ1) is 13.7. The highest BCUT2D eigenvalue weighted by Gasteiger charge is 1.96. The second-order valence-electron chi connectivity index (χ2n) is 3.19. The second kappa shape index (κ2) is 8.00. The number of rotatable bonds is 3. The van der Waals surface area contributed by atoms with E-state index in [-0.39, 0.29) is 5.91 Å². The summed E-state index contributed by atoms with van der Waals surface area (Å²) in [6, 6.07) is 7.21. The molecule has 0 radical (unpaired) electrons. The van der Waals surface area contributed by atoms with Crippen LogP contribution in [0.1, 0.15) is 29.8 Å². The Morgan fingerprint density at radius 2 is 1.93 bits per heavy atom. The lowest BCUT2D eigenvalue weighted by atomic mass is 10.1. The molecule has 3 N–H and O–H groups in total. The van der Waals surface area contributed by atoms with E-state index in [9.17, 15) is 4.79 Å². The SMILES string of the molecule is CCNCC.Cc1cccc(C(N)=O)c1. The molecule has 1 rings (SSSR count). The summed E-state index contributed by atoms with van der Waals surface area (Å²) >= 11 is 0. The molecular formula is C12H20N2O. The van der Waals surface area contributed by atoms with Crippen LogP contribution in [0, 0.1) is 6.92 Å². The molecule has 0 saturated carbocycles. The van der Waals surface area contributed by atoms with Crippen LogP contribution in [0.15, 0.2) is 24.3 Å². The van der Waals surface area contributed by atoms with E-state index in [1.165, 1.54) is 0 Å². The molecule has 3 nitrogen and oxygen atoms in total. The quantitative estimate of drug-likeness (QED) is 0.794. The first-order chi connectivity index (χ1) is 7.11. The maximum Gasteiger partial charge on any atom is 0.248 e. The highest BCUT2D eigenvalue weighted by Crippen LogP contribution is 2.01. The van der Waals surface area contributed by atoms with E-state index >= 15 is 0 Å². The van der Waals surface area contributed by atoms with Gasteiger partial charge in [0.2, 0.25) is 5.91 Å². The maximum atomic E-state index is 10.6. The molecular weight excluding hydrogens is 188 g/mol. The van der Waals surface area contributed by atoms with Crippen LogP contribution in [0.2, 0.25) is 0 Å². The number of hydrogen-bond donors (Lipinski definition) is 2. The van der Waals surface area contributed by atoms with Gasteiger partial charge in [-0.2, -0.15) is 0 Å². The first-order valence-electron chi connectivity index (χ1n) is 5.19. The average Bonchev–Trinajstić information content (AvgIpc) is 2.20. The molecule has 3 heteroatoms. The van der Waals surface area contributed by atoms with Gasteiger partial charge in [-0.15, -0.1) is 0 Å². The number of benzene rings is 1. The van der Waals surface area contributed by atoms with Crippen LogP contribution in [0.4, 0.5) is 0 Å². The second-order valence-corrected chi connectivity index (χ2v) is 3.19. The van der Waals surface area contributed by atoms with Crippen molar-refractivity contribution in [1.82, 2.24) is 5.32 Å². The number of carbonyl (C=O) groups is 1. The number of amides is 1. The average molecular weight is 208 g/mol. The molecule has 0 saturated heterocycles. The number of nitrogens with one attached hydrogen (secondary N) is 1. The lowest BCUT2D eigenvalue weighted by molar-refractivity contribution is 0.1000. The lowest BCUT2D eigenvalue weighted by Crippen LogP contribution is -2.10. The smallest absolute Gasteiger partial charge is 0.248 e. The van der Waals surface area contributed by atoms with Crippen LogP contribution in [-0.4, -0.2) is 19.0 Å². The van der Waals surface area contributed by atoms with Gasteiger partial charge in [-0.05, 0) is 32.1 Å². The van der Waals surface area contributed by atoms with Crippen LogP contribution >= 0.6 is 0 Å². The van der Waals surface area contributed by atoms with Gasteiger partial charge in [0, 0.05) is 5.56 Å². The van der Waals surface area contributed by atoms with Gasteiger partial charge in [-0.25, -0.2) is 0 Å². The molecule has 15 heavy (non-hydrogen) atoms. The Bertz CT molecular complexity index is 295. The summed E-state index contributed by atoms with van der Waals surface area (Å²) in [6.45, 7) is 8.31. The van der Waals surface area contributed by atoms with Gasteiger partial charge in [0.15, 0.2) is 0 Å². The molecule has 0 spiro atoms. The minimum Gasteiger partial charge on any atom is -0.366 e. The highest BCUT2D eigenvalue weighted by atomic mass is 16.1. The molecule has 1 aromatic carbocycles. The van der Waals surface area contributed by atoms with Crippen molar-refractivity contribution in [3.63, 3.8) is 0 Å². The zero-order chi connectivity index (χ0) is 11.7. The van der Waals surface area contributed by atoms with E-state index in [1.54, 1.807) is 12.1 Å². The third kappa shape index (κ3) is 6.69. The van der Waals surface area contributed by atoms with Crippen molar-refractivity contribution >= 4 is 5.91 Å². The van der Waals surface area contributed by atoms with Crippen molar-refractivity contribution in [2.75, 3.05) is 13.1 Å². The van der Waals surface area contributed by atoms with Crippen LogP contribution in [-0.2, 0) is 0 Å². The van der Waals surface area contributed by atoms with Gasteiger partial charge in [-0.3, -0.25) is 4.79 Å². The maximum absolute atomic E-state index is 10.6. The van der Waals surface area contributed by atoms with Crippen molar-refractivity contribution in [1.29, 1.82) is 0 Å².